The summed E-state index contributed by atoms with van der Waals surface area (Å²) in [6.45, 7) is 3.41. The van der Waals surface area contributed by atoms with Crippen molar-refractivity contribution in [2.75, 3.05) is 11.1 Å². The minimum Gasteiger partial charge on any atom is -0.439 e. The molecule has 22 heavy (non-hydrogen) atoms. The van der Waals surface area contributed by atoms with Gasteiger partial charge in [0.15, 0.2) is 5.65 Å². The predicted octanol–water partition coefficient (Wildman–Crippen LogP) is 2.23. The highest BCUT2D eigenvalue weighted by Crippen LogP contribution is 2.24. The number of aromatic nitrogens is 3. The van der Waals surface area contributed by atoms with Gasteiger partial charge in [0.05, 0.1) is 0 Å². The second-order valence-corrected chi connectivity index (χ2v) is 4.43. The molecule has 7 heteroatoms. The number of hydrogen-bond acceptors (Lipinski definition) is 5. The largest absolute Gasteiger partial charge is 0.439 e. The molecule has 3 rings (SSSR count). The van der Waals surface area contributed by atoms with Crippen molar-refractivity contribution in [3.05, 3.63) is 55.1 Å². The molecule has 0 unspecified atom stereocenters. The molecule has 1 amide bonds. The van der Waals surface area contributed by atoms with Crippen molar-refractivity contribution in [3.63, 3.8) is 0 Å². The zero-order chi connectivity index (χ0) is 15.5. The smallest absolute Gasteiger partial charge is 0.247 e. The molecule has 0 aliphatic rings. The number of nitrogens with two attached hydrogens (primary N) is 1. The van der Waals surface area contributed by atoms with Gasteiger partial charge in [-0.25, -0.2) is 0 Å². The molecule has 3 aromatic rings. The SMILES string of the molecule is C=CC(=O)Nc1cccc(Oc2cccc3nc(N)nn23)c1. The van der Waals surface area contributed by atoms with Crippen LogP contribution in [0.5, 0.6) is 11.6 Å². The number of hydrogen-bond donors (Lipinski definition) is 2. The minimum atomic E-state index is -0.289. The van der Waals surface area contributed by atoms with Crippen LogP contribution in [0.25, 0.3) is 5.65 Å². The highest BCUT2D eigenvalue weighted by molar-refractivity contribution is 5.98. The summed E-state index contributed by atoms with van der Waals surface area (Å²) in [6, 6.07) is 12.3. The van der Waals surface area contributed by atoms with Gasteiger partial charge >= 0.3 is 0 Å². The Bertz CT molecular complexity index is 856. The number of nitrogen functional groups attached to an aromatic ring is 1. The second kappa shape index (κ2) is 5.57. The maximum atomic E-state index is 11.3. The number of nitrogens with zero attached hydrogens (tertiary/aromatic N) is 3. The third-order valence-electron chi connectivity index (χ3n) is 2.85. The molecule has 7 nitrogen and oxygen atoms in total. The molecule has 3 N–H and O–H groups in total. The topological polar surface area (TPSA) is 94.5 Å². The van der Waals surface area contributed by atoms with Gasteiger partial charge in [-0.2, -0.15) is 9.50 Å². The summed E-state index contributed by atoms with van der Waals surface area (Å²) in [4.78, 5) is 15.4. The molecule has 2 aromatic heterocycles. The van der Waals surface area contributed by atoms with Crippen molar-refractivity contribution in [2.24, 2.45) is 0 Å². The van der Waals surface area contributed by atoms with Gasteiger partial charge in [0.25, 0.3) is 0 Å². The van der Waals surface area contributed by atoms with Gasteiger partial charge in [0.2, 0.25) is 17.7 Å². The normalized spacial score (nSPS) is 10.4. The first-order chi connectivity index (χ1) is 10.7. The number of pyridine rings is 1. The maximum Gasteiger partial charge on any atom is 0.247 e. The number of fused-ring (bicyclic) bond motifs is 1. The van der Waals surface area contributed by atoms with Crippen LogP contribution in [0.2, 0.25) is 0 Å². The van der Waals surface area contributed by atoms with E-state index < -0.39 is 0 Å². The van der Waals surface area contributed by atoms with Crippen LogP contribution in [0.15, 0.2) is 55.1 Å². The number of anilines is 2. The number of carbonyl (C=O) groups is 1. The number of rotatable bonds is 4. The Morgan fingerprint density at radius 2 is 2.14 bits per heavy atom. The third-order valence-corrected chi connectivity index (χ3v) is 2.85. The van der Waals surface area contributed by atoms with Crippen molar-refractivity contribution in [1.29, 1.82) is 0 Å². The number of nitrogens with one attached hydrogen (secondary N) is 1. The van der Waals surface area contributed by atoms with E-state index in [0.717, 1.165) is 0 Å². The van der Waals surface area contributed by atoms with E-state index in [9.17, 15) is 4.79 Å². The number of carbonyl (C=O) groups excluding carboxylic acids is 1. The summed E-state index contributed by atoms with van der Waals surface area (Å²) in [6.07, 6.45) is 1.20. The standard InChI is InChI=1S/C15H13N5O2/c1-2-13(21)17-10-5-3-6-11(9-10)22-14-8-4-7-12-18-15(16)19-20(12)14/h2-9H,1H2,(H2,16,19)(H,17,21). The predicted molar refractivity (Wildman–Crippen MR) is 82.7 cm³/mol. The lowest BCUT2D eigenvalue weighted by molar-refractivity contribution is -0.111. The molecule has 0 bridgehead atoms. The molecule has 2 heterocycles. The summed E-state index contributed by atoms with van der Waals surface area (Å²) in [5, 5.41) is 6.74. The highest BCUT2D eigenvalue weighted by Gasteiger charge is 2.07. The summed E-state index contributed by atoms with van der Waals surface area (Å²) < 4.78 is 7.29. The van der Waals surface area contributed by atoms with Crippen LogP contribution in [0, 0.1) is 0 Å². The van der Waals surface area contributed by atoms with Gasteiger partial charge in [0.1, 0.15) is 5.75 Å². The summed E-state index contributed by atoms with van der Waals surface area (Å²) >= 11 is 0. The van der Waals surface area contributed by atoms with E-state index in [-0.39, 0.29) is 11.9 Å². The summed E-state index contributed by atoms with van der Waals surface area (Å²) in [7, 11) is 0. The third kappa shape index (κ3) is 2.73. The van der Waals surface area contributed by atoms with E-state index in [2.05, 4.69) is 22.0 Å². The van der Waals surface area contributed by atoms with E-state index in [1.807, 2.05) is 0 Å². The summed E-state index contributed by atoms with van der Waals surface area (Å²) in [5.41, 5.74) is 6.78. The Hall–Kier alpha value is -3.35. The average Bonchev–Trinajstić information content (AvgIpc) is 2.89. The quantitative estimate of drug-likeness (QED) is 0.720. The second-order valence-electron chi connectivity index (χ2n) is 4.43. The highest BCUT2D eigenvalue weighted by atomic mass is 16.5. The fraction of sp³-hybridized carbons (Fsp3) is 0. The fourth-order valence-electron chi connectivity index (χ4n) is 1.93. The van der Waals surface area contributed by atoms with E-state index in [1.165, 1.54) is 10.6 Å². The Kier molecular flexibility index (Phi) is 3.45. The van der Waals surface area contributed by atoms with Crippen LogP contribution in [-0.4, -0.2) is 20.5 Å². The van der Waals surface area contributed by atoms with Gasteiger partial charge in [-0.15, -0.1) is 5.10 Å². The Morgan fingerprint density at radius 3 is 2.95 bits per heavy atom. The molecule has 0 aliphatic heterocycles. The van der Waals surface area contributed by atoms with Crippen molar-refractivity contribution in [3.8, 4) is 11.6 Å². The van der Waals surface area contributed by atoms with Crippen molar-refractivity contribution in [1.82, 2.24) is 14.6 Å². The van der Waals surface area contributed by atoms with E-state index in [1.54, 1.807) is 42.5 Å². The van der Waals surface area contributed by atoms with Crippen LogP contribution >= 0.6 is 0 Å². The van der Waals surface area contributed by atoms with Crippen molar-refractivity contribution in [2.45, 2.75) is 0 Å². The molecular formula is C15H13N5O2. The van der Waals surface area contributed by atoms with Gasteiger partial charge in [0, 0.05) is 17.8 Å². The van der Waals surface area contributed by atoms with Gasteiger partial charge < -0.3 is 15.8 Å². The molecule has 0 saturated carbocycles. The molecule has 0 fully saturated rings. The van der Waals surface area contributed by atoms with Crippen LogP contribution in [0.4, 0.5) is 11.6 Å². The van der Waals surface area contributed by atoms with E-state index in [0.29, 0.717) is 23.0 Å². The molecule has 0 saturated heterocycles. The van der Waals surface area contributed by atoms with Gasteiger partial charge in [-0.3, -0.25) is 4.79 Å². The average molecular weight is 295 g/mol. The number of benzene rings is 1. The first-order valence-electron chi connectivity index (χ1n) is 6.48. The Labute approximate surface area is 126 Å². The molecule has 0 spiro atoms. The zero-order valence-electron chi connectivity index (χ0n) is 11.6. The first-order valence-corrected chi connectivity index (χ1v) is 6.48. The van der Waals surface area contributed by atoms with Crippen LogP contribution < -0.4 is 15.8 Å². The molecule has 0 aliphatic carbocycles. The maximum absolute atomic E-state index is 11.3. The molecule has 0 atom stereocenters. The van der Waals surface area contributed by atoms with Crippen LogP contribution in [-0.2, 0) is 4.79 Å². The minimum absolute atomic E-state index is 0.169. The number of ether oxygens (including phenoxy) is 1. The lowest BCUT2D eigenvalue weighted by Gasteiger charge is -2.08. The number of amides is 1. The molecule has 110 valence electrons. The van der Waals surface area contributed by atoms with Crippen LogP contribution in [0.1, 0.15) is 0 Å². The fourth-order valence-corrected chi connectivity index (χ4v) is 1.93. The molecular weight excluding hydrogens is 282 g/mol. The molecule has 1 aromatic carbocycles. The monoisotopic (exact) mass is 295 g/mol. The van der Waals surface area contributed by atoms with Crippen molar-refractivity contribution < 1.29 is 9.53 Å². The van der Waals surface area contributed by atoms with Gasteiger partial charge in [-0.1, -0.05) is 18.7 Å². The molecule has 0 radical (unpaired) electrons. The zero-order valence-corrected chi connectivity index (χ0v) is 11.6. The first kappa shape index (κ1) is 13.6. The van der Waals surface area contributed by atoms with E-state index in [4.69, 9.17) is 10.5 Å². The lowest BCUT2D eigenvalue weighted by Crippen LogP contribution is -2.07. The Balaban J connectivity index is 1.90. The lowest BCUT2D eigenvalue weighted by atomic mass is 10.3. The Morgan fingerprint density at radius 1 is 1.32 bits per heavy atom. The van der Waals surface area contributed by atoms with Crippen LogP contribution in [0.3, 0.4) is 0 Å². The summed E-state index contributed by atoms with van der Waals surface area (Å²) in [5.74, 6) is 0.892. The van der Waals surface area contributed by atoms with Gasteiger partial charge in [-0.05, 0) is 24.3 Å². The van der Waals surface area contributed by atoms with E-state index >= 15 is 0 Å². The van der Waals surface area contributed by atoms with Crippen molar-refractivity contribution >= 4 is 23.2 Å².